The van der Waals surface area contributed by atoms with Gasteiger partial charge in [-0.25, -0.2) is 0 Å². The van der Waals surface area contributed by atoms with E-state index in [9.17, 15) is 4.57 Å². The predicted molar refractivity (Wildman–Crippen MR) is 28.5 cm³/mol. The van der Waals surface area contributed by atoms with Crippen molar-refractivity contribution in [2.75, 3.05) is 6.16 Å². The van der Waals surface area contributed by atoms with Crippen molar-refractivity contribution in [3.05, 3.63) is 0 Å². The molecule has 0 aromatic heterocycles. The molecule has 0 atom stereocenters. The van der Waals surface area contributed by atoms with Crippen molar-refractivity contribution in [3.8, 4) is 0 Å². The van der Waals surface area contributed by atoms with Gasteiger partial charge in [0.05, 0.1) is 0 Å². The number of rotatable bonds is 3. The molecule has 36 valence electrons. The molecule has 2 heteroatoms. The maximum atomic E-state index is 9.66. The van der Waals surface area contributed by atoms with Gasteiger partial charge in [0.15, 0.2) is 8.46 Å². The molecular formula is C4H10OP+. The van der Waals surface area contributed by atoms with Gasteiger partial charge in [-0.3, -0.25) is 4.57 Å². The van der Waals surface area contributed by atoms with Crippen LogP contribution in [0.25, 0.3) is 0 Å². The van der Waals surface area contributed by atoms with Gasteiger partial charge >= 0.3 is 1.43 Å². The maximum absolute atomic E-state index is 9.66. The molecule has 0 aromatic carbocycles. The van der Waals surface area contributed by atoms with Gasteiger partial charge in [-0.05, 0) is 6.42 Å². The molecule has 0 fully saturated rings. The summed E-state index contributed by atoms with van der Waals surface area (Å²) in [6.07, 6.45) is 3.07. The molecule has 0 heterocycles. The molecule has 0 aliphatic heterocycles. The van der Waals surface area contributed by atoms with Crippen LogP contribution in [-0.4, -0.2) is 6.16 Å². The van der Waals surface area contributed by atoms with E-state index in [0.29, 0.717) is 8.46 Å². The lowest BCUT2D eigenvalue weighted by atomic mass is 10.4. The van der Waals surface area contributed by atoms with Crippen molar-refractivity contribution in [3.63, 3.8) is 0 Å². The van der Waals surface area contributed by atoms with Gasteiger partial charge in [-0.15, -0.1) is 0 Å². The van der Waals surface area contributed by atoms with Crippen LogP contribution < -0.4 is 0 Å². The molecule has 0 saturated heterocycles. The molecule has 0 aliphatic rings. The van der Waals surface area contributed by atoms with Crippen molar-refractivity contribution in [2.45, 2.75) is 19.8 Å². The zero-order valence-corrected chi connectivity index (χ0v) is 4.87. The Morgan fingerprint density at radius 2 is 2.50 bits per heavy atom. The number of hydrogen-bond acceptors (Lipinski definition) is 1. The predicted octanol–water partition coefficient (Wildman–Crippen LogP) is 2.19. The highest BCUT2D eigenvalue weighted by atomic mass is 31.1. The van der Waals surface area contributed by atoms with E-state index >= 15 is 0 Å². The molecule has 6 heavy (non-hydrogen) atoms. The fraction of sp³-hybridized carbons (Fsp3) is 1.00. The highest BCUT2D eigenvalue weighted by Crippen LogP contribution is 1.96. The summed E-state index contributed by atoms with van der Waals surface area (Å²) in [5.41, 5.74) is 0. The van der Waals surface area contributed by atoms with Crippen LogP contribution in [0.3, 0.4) is 0 Å². The molecule has 0 aromatic rings. The Hall–Kier alpha value is 0.100. The maximum Gasteiger partial charge on any atom is 1.00 e. The lowest BCUT2D eigenvalue weighted by Gasteiger charge is -1.77. The lowest BCUT2D eigenvalue weighted by molar-refractivity contribution is 0.597. The molecule has 0 amide bonds. The van der Waals surface area contributed by atoms with Gasteiger partial charge in [0.1, 0.15) is 0 Å². The summed E-state index contributed by atoms with van der Waals surface area (Å²) < 4.78 is 9.66. The molecule has 0 spiro atoms. The van der Waals surface area contributed by atoms with Crippen LogP contribution in [0.5, 0.6) is 0 Å². The van der Waals surface area contributed by atoms with Crippen LogP contribution in [0.1, 0.15) is 21.2 Å². The molecule has 0 aliphatic carbocycles. The Kier molecular flexibility index (Phi) is 5.18. The summed E-state index contributed by atoms with van der Waals surface area (Å²) >= 11 is 0. The smallest absolute Gasteiger partial charge is 0.275 e. The van der Waals surface area contributed by atoms with Gasteiger partial charge in [0.25, 0.3) is 0 Å². The van der Waals surface area contributed by atoms with Gasteiger partial charge in [0, 0.05) is 6.16 Å². The Morgan fingerprint density at radius 1 is 1.83 bits per heavy atom. The second kappa shape index (κ2) is 5.10. The van der Waals surface area contributed by atoms with Crippen molar-refractivity contribution < 1.29 is 5.99 Å². The molecule has 0 unspecified atom stereocenters. The summed E-state index contributed by atoms with van der Waals surface area (Å²) in [6.45, 7) is 2.09. The summed E-state index contributed by atoms with van der Waals surface area (Å²) in [5, 5.41) is 0. The third-order valence-corrected chi connectivity index (χ3v) is 1.10. The summed E-state index contributed by atoms with van der Waals surface area (Å²) in [4.78, 5) is 0. The van der Waals surface area contributed by atoms with Gasteiger partial charge in [-0.1, -0.05) is 13.3 Å². The molecule has 1 nitrogen and oxygen atoms in total. The Bertz CT molecular complexity index is 40.7. The highest BCUT2D eigenvalue weighted by molar-refractivity contribution is 7.23. The zero-order valence-electron chi connectivity index (χ0n) is 4.98. The highest BCUT2D eigenvalue weighted by Gasteiger charge is 1.76. The van der Waals surface area contributed by atoms with E-state index in [-0.39, 0.29) is 1.43 Å². The van der Waals surface area contributed by atoms with E-state index < -0.39 is 0 Å². The van der Waals surface area contributed by atoms with E-state index in [1.165, 1.54) is 0 Å². The van der Waals surface area contributed by atoms with E-state index in [2.05, 4.69) is 6.92 Å². The SMILES string of the molecule is CCCCP=O.[H+]. The van der Waals surface area contributed by atoms with Gasteiger partial charge < -0.3 is 0 Å². The first-order valence-corrected chi connectivity index (χ1v) is 3.20. The fourth-order valence-corrected chi connectivity index (χ4v) is 0.668. The van der Waals surface area contributed by atoms with Crippen LogP contribution in [0, 0.1) is 0 Å². The largest absolute Gasteiger partial charge is 1.00 e. The van der Waals surface area contributed by atoms with Crippen LogP contribution in [0.4, 0.5) is 0 Å². The second-order valence-corrected chi connectivity index (χ2v) is 1.91. The quantitative estimate of drug-likeness (QED) is 0.397. The minimum atomic E-state index is 0. The van der Waals surface area contributed by atoms with E-state index in [0.717, 1.165) is 19.0 Å². The average Bonchev–Trinajstić information content (AvgIpc) is 1.61. The number of hydrogen-bond donors (Lipinski definition) is 0. The Balaban J connectivity index is 0. The Labute approximate surface area is 41.4 Å². The third-order valence-electron chi connectivity index (χ3n) is 0.603. The van der Waals surface area contributed by atoms with E-state index in [1.807, 2.05) is 0 Å². The molecule has 0 saturated carbocycles. The first-order chi connectivity index (χ1) is 2.91. The lowest BCUT2D eigenvalue weighted by Crippen LogP contribution is -1.66. The van der Waals surface area contributed by atoms with Crippen LogP contribution in [-0.2, 0) is 4.57 Å². The molecule has 0 bridgehead atoms. The molecule has 0 N–H and O–H groups in total. The average molecular weight is 105 g/mol. The van der Waals surface area contributed by atoms with Gasteiger partial charge in [0.2, 0.25) is 0 Å². The molecular weight excluding hydrogens is 95.0 g/mol. The van der Waals surface area contributed by atoms with Crippen LogP contribution in [0.15, 0.2) is 0 Å². The van der Waals surface area contributed by atoms with Crippen LogP contribution >= 0.6 is 8.46 Å². The fourth-order valence-electron chi connectivity index (χ4n) is 0.223. The monoisotopic (exact) mass is 105 g/mol. The molecule has 0 radical (unpaired) electrons. The van der Waals surface area contributed by atoms with Crippen molar-refractivity contribution in [1.82, 2.24) is 0 Å². The first-order valence-electron chi connectivity index (χ1n) is 2.21. The summed E-state index contributed by atoms with van der Waals surface area (Å²) in [6, 6.07) is 0. The minimum Gasteiger partial charge on any atom is -0.275 e. The third kappa shape index (κ3) is 4.10. The molecule has 0 rings (SSSR count). The van der Waals surface area contributed by atoms with Crippen LogP contribution in [0.2, 0.25) is 0 Å². The standard InChI is InChI=1S/C4H9OP/c1-2-3-4-6-5/h2-4H2,1H3/p+1. The number of unbranched alkanes of at least 4 members (excludes halogenated alkanes) is 1. The summed E-state index contributed by atoms with van der Waals surface area (Å²) in [5.74, 6) is 0. The van der Waals surface area contributed by atoms with Crippen molar-refractivity contribution in [2.24, 2.45) is 0 Å². The van der Waals surface area contributed by atoms with E-state index in [4.69, 9.17) is 0 Å². The topological polar surface area (TPSA) is 17.1 Å². The minimum absolute atomic E-state index is 0. The zero-order chi connectivity index (χ0) is 4.83. The summed E-state index contributed by atoms with van der Waals surface area (Å²) in [7, 11) is 0.295. The van der Waals surface area contributed by atoms with Crippen molar-refractivity contribution >= 4 is 8.46 Å². The van der Waals surface area contributed by atoms with Crippen molar-refractivity contribution in [1.29, 1.82) is 0 Å². The first kappa shape index (κ1) is 6.10. The van der Waals surface area contributed by atoms with E-state index in [1.54, 1.807) is 0 Å². The second-order valence-electron chi connectivity index (χ2n) is 1.21. The Morgan fingerprint density at radius 3 is 2.67 bits per heavy atom. The van der Waals surface area contributed by atoms with Gasteiger partial charge in [-0.2, -0.15) is 0 Å². The normalized spacial score (nSPS) is 9.50.